The lowest BCUT2D eigenvalue weighted by molar-refractivity contribution is 0.663. The molecule has 0 saturated carbocycles. The second-order valence-electron chi connectivity index (χ2n) is 5.86. The monoisotopic (exact) mass is 291 g/mol. The molecule has 0 aromatic carbocycles. The zero-order chi connectivity index (χ0) is 15.5. The molecule has 0 saturated heterocycles. The van der Waals surface area contributed by atoms with Gasteiger partial charge in [-0.1, -0.05) is 33.6 Å². The smallest absolute Gasteiger partial charge is 0.131 e. The molecule has 3 nitrogen and oxygen atoms in total. The van der Waals surface area contributed by atoms with Gasteiger partial charge in [-0.15, -0.1) is 0 Å². The lowest BCUT2D eigenvalue weighted by Gasteiger charge is -2.25. The van der Waals surface area contributed by atoms with Crippen LogP contribution in [0.5, 0.6) is 0 Å². The maximum Gasteiger partial charge on any atom is 0.131 e. The largest absolute Gasteiger partial charge is 0.356 e. The van der Waals surface area contributed by atoms with Gasteiger partial charge in [-0.2, -0.15) is 0 Å². The third-order valence-corrected chi connectivity index (χ3v) is 3.73. The van der Waals surface area contributed by atoms with Crippen LogP contribution >= 0.6 is 0 Å². The van der Waals surface area contributed by atoms with Gasteiger partial charge in [-0.25, -0.2) is 4.98 Å². The predicted octanol–water partition coefficient (Wildman–Crippen LogP) is 4.30. The minimum Gasteiger partial charge on any atom is -0.356 e. The van der Waals surface area contributed by atoms with E-state index in [-0.39, 0.29) is 0 Å². The van der Waals surface area contributed by atoms with E-state index >= 15 is 0 Å². The molecule has 3 heteroatoms. The van der Waals surface area contributed by atoms with Crippen molar-refractivity contribution in [2.75, 3.05) is 24.5 Å². The Bertz CT molecular complexity index is 382. The van der Waals surface area contributed by atoms with E-state index in [1.54, 1.807) is 0 Å². The average Bonchev–Trinajstić information content (AvgIpc) is 2.49. The summed E-state index contributed by atoms with van der Waals surface area (Å²) in [4.78, 5) is 7.21. The normalized spacial score (nSPS) is 10.9. The van der Waals surface area contributed by atoms with Crippen molar-refractivity contribution in [1.29, 1.82) is 0 Å². The van der Waals surface area contributed by atoms with Crippen LogP contribution in [-0.2, 0) is 6.54 Å². The van der Waals surface area contributed by atoms with Crippen LogP contribution in [0.1, 0.15) is 64.0 Å². The van der Waals surface area contributed by atoms with Crippen LogP contribution in [0.3, 0.4) is 0 Å². The van der Waals surface area contributed by atoms with Crippen molar-refractivity contribution in [3.8, 4) is 0 Å². The van der Waals surface area contributed by atoms with Crippen molar-refractivity contribution in [2.45, 2.75) is 66.3 Å². The van der Waals surface area contributed by atoms with Crippen LogP contribution in [0.15, 0.2) is 12.3 Å². The van der Waals surface area contributed by atoms with Gasteiger partial charge < -0.3 is 10.2 Å². The van der Waals surface area contributed by atoms with E-state index in [9.17, 15) is 0 Å². The number of rotatable bonds is 11. The molecule has 1 heterocycles. The number of aryl methyl sites for hydroxylation is 1. The molecule has 0 fully saturated rings. The fourth-order valence-corrected chi connectivity index (χ4v) is 2.48. The second-order valence-corrected chi connectivity index (χ2v) is 5.86. The van der Waals surface area contributed by atoms with Gasteiger partial charge in [0.1, 0.15) is 5.82 Å². The molecule has 0 aliphatic heterocycles. The van der Waals surface area contributed by atoms with Gasteiger partial charge >= 0.3 is 0 Å². The van der Waals surface area contributed by atoms with Gasteiger partial charge in [0.05, 0.1) is 0 Å². The minimum atomic E-state index is 0.922. The van der Waals surface area contributed by atoms with Crippen molar-refractivity contribution in [3.05, 3.63) is 23.4 Å². The highest BCUT2D eigenvalue weighted by atomic mass is 15.2. The molecule has 0 bridgehead atoms. The summed E-state index contributed by atoms with van der Waals surface area (Å²) in [7, 11) is 0. The van der Waals surface area contributed by atoms with E-state index < -0.39 is 0 Å². The van der Waals surface area contributed by atoms with Crippen LogP contribution in [0.4, 0.5) is 5.82 Å². The summed E-state index contributed by atoms with van der Waals surface area (Å²) in [5, 5.41) is 3.44. The van der Waals surface area contributed by atoms with Gasteiger partial charge in [0.25, 0.3) is 0 Å². The van der Waals surface area contributed by atoms with E-state index in [2.05, 4.69) is 44.0 Å². The van der Waals surface area contributed by atoms with Crippen molar-refractivity contribution in [1.82, 2.24) is 10.3 Å². The Morgan fingerprint density at radius 3 is 2.24 bits per heavy atom. The van der Waals surface area contributed by atoms with Gasteiger partial charge in [0, 0.05) is 25.8 Å². The Morgan fingerprint density at radius 2 is 1.71 bits per heavy atom. The zero-order valence-electron chi connectivity index (χ0n) is 14.4. The molecule has 1 aromatic heterocycles. The maximum absolute atomic E-state index is 4.75. The molecule has 0 amide bonds. The first-order valence-electron chi connectivity index (χ1n) is 8.64. The van der Waals surface area contributed by atoms with E-state index in [1.165, 1.54) is 49.0 Å². The third-order valence-electron chi connectivity index (χ3n) is 3.73. The van der Waals surface area contributed by atoms with Gasteiger partial charge in [-0.3, -0.25) is 0 Å². The molecule has 0 unspecified atom stereocenters. The quantitative estimate of drug-likeness (QED) is 0.616. The SMILES string of the molecule is CCCCN(CCCC)c1ncc(CNCCC)cc1C. The fourth-order valence-electron chi connectivity index (χ4n) is 2.48. The number of hydrogen-bond acceptors (Lipinski definition) is 3. The number of nitrogens with one attached hydrogen (secondary N) is 1. The van der Waals surface area contributed by atoms with Gasteiger partial charge in [0.15, 0.2) is 0 Å². The van der Waals surface area contributed by atoms with E-state index in [0.717, 1.165) is 26.2 Å². The Kier molecular flexibility index (Phi) is 9.07. The van der Waals surface area contributed by atoms with Crippen molar-refractivity contribution in [3.63, 3.8) is 0 Å². The predicted molar refractivity (Wildman–Crippen MR) is 93.0 cm³/mol. The third kappa shape index (κ3) is 6.47. The van der Waals surface area contributed by atoms with E-state index in [1.807, 2.05) is 6.20 Å². The maximum atomic E-state index is 4.75. The van der Waals surface area contributed by atoms with Gasteiger partial charge in [-0.05, 0) is 49.9 Å². The second kappa shape index (κ2) is 10.6. The highest BCUT2D eigenvalue weighted by Crippen LogP contribution is 2.19. The van der Waals surface area contributed by atoms with Crippen LogP contribution in [-0.4, -0.2) is 24.6 Å². The van der Waals surface area contributed by atoms with Crippen molar-refractivity contribution < 1.29 is 0 Å². The molecule has 0 radical (unpaired) electrons. The molecule has 0 spiro atoms. The van der Waals surface area contributed by atoms with Gasteiger partial charge in [0.2, 0.25) is 0 Å². The average molecular weight is 291 g/mol. The molecule has 120 valence electrons. The standard InChI is InChI=1S/C18H33N3/c1-5-8-11-21(12-9-6-2)18-16(4)13-17(15-20-18)14-19-10-7-3/h13,15,19H,5-12,14H2,1-4H3. The van der Waals surface area contributed by atoms with Crippen LogP contribution < -0.4 is 10.2 Å². The Balaban J connectivity index is 2.73. The number of pyridine rings is 1. The zero-order valence-corrected chi connectivity index (χ0v) is 14.4. The Labute approximate surface area is 131 Å². The van der Waals surface area contributed by atoms with E-state index in [4.69, 9.17) is 4.98 Å². The van der Waals surface area contributed by atoms with Crippen LogP contribution in [0.2, 0.25) is 0 Å². The van der Waals surface area contributed by atoms with Crippen molar-refractivity contribution >= 4 is 5.82 Å². The molecular weight excluding hydrogens is 258 g/mol. The molecule has 0 aliphatic rings. The highest BCUT2D eigenvalue weighted by Gasteiger charge is 2.10. The Morgan fingerprint density at radius 1 is 1.05 bits per heavy atom. The fraction of sp³-hybridized carbons (Fsp3) is 0.722. The first kappa shape index (κ1) is 18.0. The summed E-state index contributed by atoms with van der Waals surface area (Å²) >= 11 is 0. The summed E-state index contributed by atoms with van der Waals surface area (Å²) in [5.41, 5.74) is 2.59. The lowest BCUT2D eigenvalue weighted by atomic mass is 10.1. The van der Waals surface area contributed by atoms with Crippen LogP contribution in [0.25, 0.3) is 0 Å². The van der Waals surface area contributed by atoms with E-state index in [0.29, 0.717) is 0 Å². The molecular formula is C18H33N3. The minimum absolute atomic E-state index is 0.922. The lowest BCUT2D eigenvalue weighted by Crippen LogP contribution is -2.27. The molecule has 1 rings (SSSR count). The topological polar surface area (TPSA) is 28.2 Å². The summed E-state index contributed by atoms with van der Waals surface area (Å²) in [6.07, 6.45) is 8.17. The molecule has 1 aromatic rings. The summed E-state index contributed by atoms with van der Waals surface area (Å²) < 4.78 is 0. The number of hydrogen-bond donors (Lipinski definition) is 1. The summed E-state index contributed by atoms with van der Waals surface area (Å²) in [6.45, 7) is 13.1. The first-order chi connectivity index (χ1) is 10.2. The molecule has 1 N–H and O–H groups in total. The Hall–Kier alpha value is -1.09. The molecule has 21 heavy (non-hydrogen) atoms. The van der Waals surface area contributed by atoms with Crippen LogP contribution in [0, 0.1) is 6.92 Å². The highest BCUT2D eigenvalue weighted by molar-refractivity contribution is 5.47. The van der Waals surface area contributed by atoms with Crippen molar-refractivity contribution in [2.24, 2.45) is 0 Å². The molecule has 0 atom stereocenters. The first-order valence-corrected chi connectivity index (χ1v) is 8.64. The number of anilines is 1. The number of unbranched alkanes of at least 4 members (excludes halogenated alkanes) is 2. The summed E-state index contributed by atoms with van der Waals surface area (Å²) in [6, 6.07) is 2.29. The number of aromatic nitrogens is 1. The molecule has 0 aliphatic carbocycles. The number of nitrogens with zero attached hydrogens (tertiary/aromatic N) is 2. The summed E-state index contributed by atoms with van der Waals surface area (Å²) in [5.74, 6) is 1.18.